The summed E-state index contributed by atoms with van der Waals surface area (Å²) in [4.78, 5) is 2.28. The van der Waals surface area contributed by atoms with E-state index in [0.29, 0.717) is 23.7 Å². The quantitative estimate of drug-likeness (QED) is 0.694. The van der Waals surface area contributed by atoms with Gasteiger partial charge in [0.2, 0.25) is 0 Å². The monoisotopic (exact) mass is 265 g/mol. The normalized spacial score (nSPS) is 18.2. The van der Waals surface area contributed by atoms with Crippen LogP contribution in [0.2, 0.25) is 0 Å². The van der Waals surface area contributed by atoms with Gasteiger partial charge in [-0.25, -0.2) is 0 Å². The summed E-state index contributed by atoms with van der Waals surface area (Å²) in [6, 6.07) is 5.13. The van der Waals surface area contributed by atoms with Gasteiger partial charge in [-0.05, 0) is 44.1 Å². The van der Waals surface area contributed by atoms with Gasteiger partial charge in [0.05, 0.1) is 5.69 Å². The summed E-state index contributed by atoms with van der Waals surface area (Å²) in [6.07, 6.45) is 3.25. The number of nitrogens with two attached hydrogens (primary N) is 2. The summed E-state index contributed by atoms with van der Waals surface area (Å²) in [5.74, 6) is 0.576. The number of likely N-dealkylation sites (tertiary alicyclic amines) is 1. The fraction of sp³-hybridized carbons (Fsp3) is 0.571. The zero-order valence-corrected chi connectivity index (χ0v) is 11.2. The fourth-order valence-corrected chi connectivity index (χ4v) is 2.38. The van der Waals surface area contributed by atoms with Gasteiger partial charge in [0.1, 0.15) is 18.5 Å². The number of β-amino-alcohol motifs (C(OH)–C–C–N with tert-alkyl or cyclic N) is 1. The third-order valence-corrected chi connectivity index (χ3v) is 3.38. The van der Waals surface area contributed by atoms with Crippen LogP contribution in [0.15, 0.2) is 18.2 Å². The molecule has 1 unspecified atom stereocenters. The maximum Gasteiger partial charge on any atom is 0.142 e. The van der Waals surface area contributed by atoms with Crippen LogP contribution in [0.25, 0.3) is 0 Å². The molecular formula is C14H23N3O2. The van der Waals surface area contributed by atoms with E-state index in [1.807, 2.05) is 0 Å². The molecule has 1 aliphatic heterocycles. The molecular weight excluding hydrogens is 242 g/mol. The molecule has 1 atom stereocenters. The highest BCUT2D eigenvalue weighted by Crippen LogP contribution is 2.23. The van der Waals surface area contributed by atoms with Crippen molar-refractivity contribution in [2.75, 3.05) is 37.7 Å². The molecule has 0 aliphatic carbocycles. The summed E-state index contributed by atoms with van der Waals surface area (Å²) in [5, 5.41) is 9.98. The number of rotatable bonds is 5. The highest BCUT2D eigenvalue weighted by Gasteiger charge is 2.15. The molecule has 2 rings (SSSR count). The van der Waals surface area contributed by atoms with Crippen molar-refractivity contribution in [1.29, 1.82) is 0 Å². The largest absolute Gasteiger partial charge is 0.489 e. The molecule has 5 heteroatoms. The number of anilines is 2. The second-order valence-electron chi connectivity index (χ2n) is 5.12. The van der Waals surface area contributed by atoms with E-state index in [2.05, 4.69) is 4.90 Å². The van der Waals surface area contributed by atoms with Crippen molar-refractivity contribution in [3.63, 3.8) is 0 Å². The van der Waals surface area contributed by atoms with Crippen LogP contribution in [0.1, 0.15) is 19.3 Å². The highest BCUT2D eigenvalue weighted by molar-refractivity contribution is 5.60. The average molecular weight is 265 g/mol. The molecule has 1 saturated heterocycles. The lowest BCUT2D eigenvalue weighted by molar-refractivity contribution is 0.0620. The SMILES string of the molecule is Nc1ccc(OCC(O)CN2CCCCC2)c(N)c1. The molecule has 0 amide bonds. The minimum atomic E-state index is -0.491. The zero-order chi connectivity index (χ0) is 13.7. The van der Waals surface area contributed by atoms with Crippen LogP contribution < -0.4 is 16.2 Å². The van der Waals surface area contributed by atoms with Crippen molar-refractivity contribution < 1.29 is 9.84 Å². The molecule has 5 N–H and O–H groups in total. The van der Waals surface area contributed by atoms with Crippen LogP contribution >= 0.6 is 0 Å². The van der Waals surface area contributed by atoms with Crippen LogP contribution in [-0.4, -0.2) is 42.4 Å². The van der Waals surface area contributed by atoms with Gasteiger partial charge in [0.15, 0.2) is 0 Å². The maximum atomic E-state index is 9.98. The first-order valence-electron chi connectivity index (χ1n) is 6.83. The van der Waals surface area contributed by atoms with E-state index < -0.39 is 6.10 Å². The molecule has 0 aromatic heterocycles. The predicted octanol–water partition coefficient (Wildman–Crippen LogP) is 1.08. The number of benzene rings is 1. The van der Waals surface area contributed by atoms with Crippen LogP contribution in [0.4, 0.5) is 11.4 Å². The molecule has 0 spiro atoms. The second-order valence-corrected chi connectivity index (χ2v) is 5.12. The van der Waals surface area contributed by atoms with E-state index in [0.717, 1.165) is 13.1 Å². The van der Waals surface area contributed by atoms with Crippen molar-refractivity contribution >= 4 is 11.4 Å². The number of hydrogen-bond donors (Lipinski definition) is 3. The predicted molar refractivity (Wildman–Crippen MR) is 77.1 cm³/mol. The van der Waals surface area contributed by atoms with Crippen molar-refractivity contribution in [2.24, 2.45) is 0 Å². The first-order valence-corrected chi connectivity index (χ1v) is 6.83. The molecule has 106 valence electrons. The topological polar surface area (TPSA) is 84.7 Å². The molecule has 1 aromatic carbocycles. The van der Waals surface area contributed by atoms with Crippen LogP contribution in [0, 0.1) is 0 Å². The summed E-state index contributed by atoms with van der Waals surface area (Å²) in [5.41, 5.74) is 12.5. The lowest BCUT2D eigenvalue weighted by Crippen LogP contribution is -2.38. The minimum absolute atomic E-state index is 0.255. The van der Waals surface area contributed by atoms with Gasteiger partial charge in [-0.1, -0.05) is 6.42 Å². The molecule has 1 aromatic rings. The Labute approximate surface area is 114 Å². The van der Waals surface area contributed by atoms with Gasteiger partial charge in [-0.2, -0.15) is 0 Å². The zero-order valence-electron chi connectivity index (χ0n) is 11.2. The van der Waals surface area contributed by atoms with Crippen LogP contribution in [0.5, 0.6) is 5.75 Å². The van der Waals surface area contributed by atoms with Gasteiger partial charge in [-0.15, -0.1) is 0 Å². The number of aliphatic hydroxyl groups is 1. The van der Waals surface area contributed by atoms with E-state index >= 15 is 0 Å². The lowest BCUT2D eigenvalue weighted by Gasteiger charge is -2.28. The Bertz CT molecular complexity index is 406. The van der Waals surface area contributed by atoms with E-state index in [4.69, 9.17) is 16.2 Å². The number of nitrogen functional groups attached to an aromatic ring is 2. The number of nitrogens with zero attached hydrogens (tertiary/aromatic N) is 1. The third kappa shape index (κ3) is 4.29. The van der Waals surface area contributed by atoms with Crippen molar-refractivity contribution in [3.05, 3.63) is 18.2 Å². The smallest absolute Gasteiger partial charge is 0.142 e. The number of hydrogen-bond acceptors (Lipinski definition) is 5. The Morgan fingerprint density at radius 1 is 1.21 bits per heavy atom. The van der Waals surface area contributed by atoms with E-state index in [1.165, 1.54) is 19.3 Å². The molecule has 1 fully saturated rings. The Balaban J connectivity index is 1.77. The number of piperidine rings is 1. The van der Waals surface area contributed by atoms with E-state index in [9.17, 15) is 5.11 Å². The summed E-state index contributed by atoms with van der Waals surface area (Å²) in [7, 11) is 0. The van der Waals surface area contributed by atoms with Gasteiger partial charge >= 0.3 is 0 Å². The molecule has 1 aliphatic rings. The van der Waals surface area contributed by atoms with Crippen molar-refractivity contribution in [2.45, 2.75) is 25.4 Å². The van der Waals surface area contributed by atoms with Gasteiger partial charge in [-0.3, -0.25) is 0 Å². The van der Waals surface area contributed by atoms with Crippen LogP contribution in [-0.2, 0) is 0 Å². The van der Waals surface area contributed by atoms with Gasteiger partial charge in [0.25, 0.3) is 0 Å². The van der Waals surface area contributed by atoms with Gasteiger partial charge < -0.3 is 26.2 Å². The van der Waals surface area contributed by atoms with Crippen LogP contribution in [0.3, 0.4) is 0 Å². The Kier molecular flexibility index (Phi) is 4.87. The molecule has 5 nitrogen and oxygen atoms in total. The Morgan fingerprint density at radius 3 is 2.63 bits per heavy atom. The molecule has 1 heterocycles. The standard InChI is InChI=1S/C14H23N3O2/c15-11-4-5-14(13(16)8-11)19-10-12(18)9-17-6-2-1-3-7-17/h4-5,8,12,18H,1-3,6-7,9-10,15-16H2. The average Bonchev–Trinajstić information content (AvgIpc) is 2.39. The fourth-order valence-electron chi connectivity index (χ4n) is 2.38. The first-order chi connectivity index (χ1) is 9.15. The number of aliphatic hydroxyl groups excluding tert-OH is 1. The maximum absolute atomic E-state index is 9.98. The molecule has 0 bridgehead atoms. The Morgan fingerprint density at radius 2 is 1.95 bits per heavy atom. The molecule has 19 heavy (non-hydrogen) atoms. The van der Waals surface area contributed by atoms with E-state index in [1.54, 1.807) is 18.2 Å². The number of ether oxygens (including phenoxy) is 1. The second kappa shape index (κ2) is 6.63. The third-order valence-electron chi connectivity index (χ3n) is 3.38. The van der Waals surface area contributed by atoms with E-state index in [-0.39, 0.29) is 6.61 Å². The summed E-state index contributed by atoms with van der Waals surface area (Å²) < 4.78 is 5.54. The lowest BCUT2D eigenvalue weighted by atomic mass is 10.1. The first kappa shape index (κ1) is 14.0. The summed E-state index contributed by atoms with van der Waals surface area (Å²) in [6.45, 7) is 3.06. The Hall–Kier alpha value is -1.46. The van der Waals surface area contributed by atoms with Gasteiger partial charge in [0, 0.05) is 12.2 Å². The highest BCUT2D eigenvalue weighted by atomic mass is 16.5. The minimum Gasteiger partial charge on any atom is -0.489 e. The van der Waals surface area contributed by atoms with Crippen molar-refractivity contribution in [1.82, 2.24) is 4.90 Å². The summed E-state index contributed by atoms with van der Waals surface area (Å²) >= 11 is 0. The molecule has 0 saturated carbocycles. The van der Waals surface area contributed by atoms with Crippen molar-refractivity contribution in [3.8, 4) is 5.75 Å². The molecule has 0 radical (unpaired) electrons.